The molecule has 0 radical (unpaired) electrons. The number of piperazine rings is 1. The van der Waals surface area contributed by atoms with Crippen molar-refractivity contribution in [3.05, 3.63) is 83.7 Å². The van der Waals surface area contributed by atoms with Gasteiger partial charge in [0.1, 0.15) is 6.07 Å². The molecule has 0 spiro atoms. The molecule has 0 unspecified atom stereocenters. The lowest BCUT2D eigenvalue weighted by atomic mass is 10.1. The Morgan fingerprint density at radius 3 is 2.28 bits per heavy atom. The highest BCUT2D eigenvalue weighted by Gasteiger charge is 2.19. The van der Waals surface area contributed by atoms with Crippen LogP contribution in [0.1, 0.15) is 16.7 Å². The summed E-state index contributed by atoms with van der Waals surface area (Å²) in [6, 6.07) is 20.3. The summed E-state index contributed by atoms with van der Waals surface area (Å²) in [6.45, 7) is 5.28. The number of nitrogens with zero attached hydrogens (tertiary/aromatic N) is 5. The number of aromatic nitrogens is 2. The SMILES string of the molecule is N#Cc1ccccc1N1CCN(Cc2cnc(NCc3ccccc3)nc2)CC1. The fourth-order valence-corrected chi connectivity index (χ4v) is 3.55. The molecule has 0 atom stereocenters. The standard InChI is InChI=1S/C23H24N6/c24-14-21-8-4-5-9-22(21)29-12-10-28(11-13-29)18-20-16-26-23(27-17-20)25-15-19-6-2-1-3-7-19/h1-9,16-17H,10-13,15,18H2,(H,25,26,27). The predicted molar refractivity (Wildman–Crippen MR) is 114 cm³/mol. The van der Waals surface area contributed by atoms with Gasteiger partial charge in [-0.25, -0.2) is 9.97 Å². The second-order valence-electron chi connectivity index (χ2n) is 7.15. The van der Waals surface area contributed by atoms with Crippen LogP contribution in [-0.2, 0) is 13.1 Å². The lowest BCUT2D eigenvalue weighted by molar-refractivity contribution is 0.249. The highest BCUT2D eigenvalue weighted by atomic mass is 15.3. The van der Waals surface area contributed by atoms with Crippen LogP contribution in [0.2, 0.25) is 0 Å². The van der Waals surface area contributed by atoms with Crippen LogP contribution >= 0.6 is 0 Å². The molecule has 2 aromatic carbocycles. The van der Waals surface area contributed by atoms with Gasteiger partial charge in [0.2, 0.25) is 5.95 Å². The maximum atomic E-state index is 9.32. The summed E-state index contributed by atoms with van der Waals surface area (Å²) in [5.74, 6) is 0.649. The third-order valence-electron chi connectivity index (χ3n) is 5.14. The highest BCUT2D eigenvalue weighted by Crippen LogP contribution is 2.21. The summed E-state index contributed by atoms with van der Waals surface area (Å²) in [5, 5.41) is 12.6. The summed E-state index contributed by atoms with van der Waals surface area (Å²) in [7, 11) is 0. The molecular weight excluding hydrogens is 360 g/mol. The Labute approximate surface area is 171 Å². The van der Waals surface area contributed by atoms with Gasteiger partial charge in [0.05, 0.1) is 11.3 Å². The Morgan fingerprint density at radius 1 is 0.862 bits per heavy atom. The quantitative estimate of drug-likeness (QED) is 0.703. The largest absolute Gasteiger partial charge is 0.368 e. The minimum Gasteiger partial charge on any atom is -0.368 e. The van der Waals surface area contributed by atoms with Gasteiger partial charge in [-0.3, -0.25) is 4.90 Å². The van der Waals surface area contributed by atoms with Crippen LogP contribution in [0.3, 0.4) is 0 Å². The van der Waals surface area contributed by atoms with Crippen molar-refractivity contribution in [1.82, 2.24) is 14.9 Å². The summed E-state index contributed by atoms with van der Waals surface area (Å²) < 4.78 is 0. The van der Waals surface area contributed by atoms with Crippen molar-refractivity contribution in [1.29, 1.82) is 5.26 Å². The first-order valence-corrected chi connectivity index (χ1v) is 9.87. The zero-order valence-corrected chi connectivity index (χ0v) is 16.3. The molecule has 1 aromatic heterocycles. The zero-order chi connectivity index (χ0) is 19.9. The molecule has 6 heteroatoms. The third-order valence-corrected chi connectivity index (χ3v) is 5.14. The number of hydrogen-bond donors (Lipinski definition) is 1. The van der Waals surface area contributed by atoms with E-state index in [0.717, 1.165) is 49.5 Å². The molecule has 146 valence electrons. The second-order valence-corrected chi connectivity index (χ2v) is 7.15. The van der Waals surface area contributed by atoms with Crippen molar-refractivity contribution in [3.8, 4) is 6.07 Å². The minimum absolute atomic E-state index is 0.649. The monoisotopic (exact) mass is 384 g/mol. The summed E-state index contributed by atoms with van der Waals surface area (Å²) in [6.07, 6.45) is 3.80. The maximum Gasteiger partial charge on any atom is 0.222 e. The van der Waals surface area contributed by atoms with Crippen molar-refractivity contribution < 1.29 is 0 Å². The molecule has 3 aromatic rings. The molecule has 0 saturated carbocycles. The fourth-order valence-electron chi connectivity index (χ4n) is 3.55. The summed E-state index contributed by atoms with van der Waals surface area (Å²) >= 11 is 0. The van der Waals surface area contributed by atoms with Crippen LogP contribution in [0, 0.1) is 11.3 Å². The van der Waals surface area contributed by atoms with Gasteiger partial charge in [0.15, 0.2) is 0 Å². The van der Waals surface area contributed by atoms with Gasteiger partial charge < -0.3 is 10.2 Å². The van der Waals surface area contributed by atoms with E-state index in [1.54, 1.807) is 0 Å². The normalized spacial score (nSPS) is 14.4. The van der Waals surface area contributed by atoms with Gasteiger partial charge in [-0.15, -0.1) is 0 Å². The van der Waals surface area contributed by atoms with Crippen LogP contribution in [0.5, 0.6) is 0 Å². The molecule has 1 aliphatic heterocycles. The maximum absolute atomic E-state index is 9.32. The lowest BCUT2D eigenvalue weighted by Gasteiger charge is -2.36. The van der Waals surface area contributed by atoms with Crippen LogP contribution in [0.25, 0.3) is 0 Å². The molecule has 1 aliphatic rings. The Kier molecular flexibility index (Phi) is 5.98. The molecule has 1 N–H and O–H groups in total. The number of anilines is 2. The van der Waals surface area contributed by atoms with E-state index in [4.69, 9.17) is 0 Å². The number of hydrogen-bond acceptors (Lipinski definition) is 6. The average molecular weight is 384 g/mol. The fraction of sp³-hybridized carbons (Fsp3) is 0.261. The van der Waals surface area contributed by atoms with E-state index < -0.39 is 0 Å². The zero-order valence-electron chi connectivity index (χ0n) is 16.3. The van der Waals surface area contributed by atoms with E-state index in [1.165, 1.54) is 5.56 Å². The highest BCUT2D eigenvalue weighted by molar-refractivity contribution is 5.59. The van der Waals surface area contributed by atoms with Crippen molar-refractivity contribution in [2.24, 2.45) is 0 Å². The average Bonchev–Trinajstić information content (AvgIpc) is 2.80. The lowest BCUT2D eigenvalue weighted by Crippen LogP contribution is -2.46. The first-order valence-electron chi connectivity index (χ1n) is 9.87. The van der Waals surface area contributed by atoms with Crippen molar-refractivity contribution in [2.45, 2.75) is 13.1 Å². The minimum atomic E-state index is 0.649. The number of rotatable bonds is 6. The number of nitriles is 1. The number of nitrogens with one attached hydrogen (secondary N) is 1. The van der Waals surface area contributed by atoms with Gasteiger partial charge in [0, 0.05) is 57.2 Å². The van der Waals surface area contributed by atoms with Crippen molar-refractivity contribution in [2.75, 3.05) is 36.4 Å². The van der Waals surface area contributed by atoms with Gasteiger partial charge in [0.25, 0.3) is 0 Å². The Morgan fingerprint density at radius 2 is 1.55 bits per heavy atom. The van der Waals surface area contributed by atoms with E-state index in [-0.39, 0.29) is 0 Å². The van der Waals surface area contributed by atoms with Crippen molar-refractivity contribution >= 4 is 11.6 Å². The van der Waals surface area contributed by atoms with Crippen LogP contribution in [0.15, 0.2) is 67.0 Å². The molecule has 2 heterocycles. The van der Waals surface area contributed by atoms with Gasteiger partial charge >= 0.3 is 0 Å². The Bertz CT molecular complexity index is 957. The van der Waals surface area contributed by atoms with E-state index in [9.17, 15) is 5.26 Å². The van der Waals surface area contributed by atoms with Crippen LogP contribution in [0.4, 0.5) is 11.6 Å². The Hall–Kier alpha value is -3.43. The van der Waals surface area contributed by atoms with Gasteiger partial charge in [-0.05, 0) is 17.7 Å². The molecule has 1 saturated heterocycles. The number of benzene rings is 2. The molecule has 6 nitrogen and oxygen atoms in total. The molecule has 29 heavy (non-hydrogen) atoms. The topological polar surface area (TPSA) is 68.1 Å². The molecule has 0 amide bonds. The van der Waals surface area contributed by atoms with E-state index in [1.807, 2.05) is 54.9 Å². The predicted octanol–water partition coefficient (Wildman–Crippen LogP) is 3.28. The van der Waals surface area contributed by atoms with E-state index in [0.29, 0.717) is 12.5 Å². The smallest absolute Gasteiger partial charge is 0.222 e. The van der Waals surface area contributed by atoms with E-state index in [2.05, 4.69) is 43.3 Å². The first-order chi connectivity index (χ1) is 14.3. The number of para-hydroxylation sites is 1. The second kappa shape index (κ2) is 9.18. The van der Waals surface area contributed by atoms with Crippen LogP contribution in [-0.4, -0.2) is 41.0 Å². The van der Waals surface area contributed by atoms with Crippen molar-refractivity contribution in [3.63, 3.8) is 0 Å². The summed E-state index contributed by atoms with van der Waals surface area (Å²) in [5.41, 5.74) is 4.09. The van der Waals surface area contributed by atoms with Crippen LogP contribution < -0.4 is 10.2 Å². The molecule has 4 rings (SSSR count). The van der Waals surface area contributed by atoms with E-state index >= 15 is 0 Å². The molecule has 0 bridgehead atoms. The first kappa shape index (κ1) is 18.9. The molecule has 0 aliphatic carbocycles. The van der Waals surface area contributed by atoms with Gasteiger partial charge in [-0.1, -0.05) is 42.5 Å². The summed E-state index contributed by atoms with van der Waals surface area (Å²) in [4.78, 5) is 13.6. The molecular formula is C23H24N6. The third kappa shape index (κ3) is 4.89. The Balaban J connectivity index is 1.28. The molecule has 1 fully saturated rings. The van der Waals surface area contributed by atoms with Gasteiger partial charge in [-0.2, -0.15) is 5.26 Å².